The van der Waals surface area contributed by atoms with E-state index in [-0.39, 0.29) is 5.91 Å². The molecule has 1 fully saturated rings. The number of carbonyl (C=O) groups is 2. The quantitative estimate of drug-likeness (QED) is 0.0287. The van der Waals surface area contributed by atoms with Crippen molar-refractivity contribution in [3.63, 3.8) is 0 Å². The molecule has 0 radical (unpaired) electrons. The summed E-state index contributed by atoms with van der Waals surface area (Å²) >= 11 is -2.12. The summed E-state index contributed by atoms with van der Waals surface area (Å²) < 4.78 is 48.8. The number of halogens is 4. The van der Waals surface area contributed by atoms with Crippen LogP contribution in [0.4, 0.5) is 13.2 Å². The summed E-state index contributed by atoms with van der Waals surface area (Å²) in [4.78, 5) is 27.3. The molecule has 4 aromatic rings. The van der Waals surface area contributed by atoms with Crippen LogP contribution in [0.3, 0.4) is 0 Å². The minimum Gasteiger partial charge on any atom is -0.171 e. The molecular formula is C38H39F3IN3O4. The molecular weight excluding hydrogens is 746 g/mol. The van der Waals surface area contributed by atoms with Crippen molar-refractivity contribution >= 4 is 31.9 Å². The van der Waals surface area contributed by atoms with Crippen LogP contribution in [0.1, 0.15) is 52.7 Å². The summed E-state index contributed by atoms with van der Waals surface area (Å²) in [5.74, 6) is 0.382. The molecule has 49 heavy (non-hydrogen) atoms. The van der Waals surface area contributed by atoms with E-state index in [0.717, 1.165) is 27.8 Å². The number of quaternary nitrogens is 1. The van der Waals surface area contributed by atoms with Gasteiger partial charge in [-0.15, -0.1) is 0 Å². The standard InChI is InChI=1S/C38H39F3IN3O4/c1-27-17-18-33-31(25-27)29-13-5-7-15-32(29)37(33,36(47)43-22-20-38(39,40)41)19-9-10-23-45(48)24-21-42(26-45)44-35(46)30-14-6-8-16-34(30)49-28-11-3-2-4-12-28/h2-8,11-18,25H,9-10,19-24,26H2,1H3,(H,43,47)(H,44,46). The summed E-state index contributed by atoms with van der Waals surface area (Å²) in [6.45, 7) is 2.22. The number of hydrogen-bond acceptors (Lipinski definition) is 4. The monoisotopic (exact) mass is 785 g/mol. The third kappa shape index (κ3) is 7.79. The molecule has 2 unspecified atom stereocenters. The number of fused-ring (bicyclic) bond motifs is 3. The van der Waals surface area contributed by atoms with E-state index in [0.29, 0.717) is 58.4 Å². The number of unbranched alkanes of at least 4 members (excludes halogenated alkanes) is 1. The van der Waals surface area contributed by atoms with Gasteiger partial charge in [-0.2, -0.15) is 13.2 Å². The number of aryl methyl sites for hydroxylation is 1. The number of para-hydroxylation sites is 2. The summed E-state index contributed by atoms with van der Waals surface area (Å²) in [6, 6.07) is 29.7. The maximum absolute atomic E-state index is 14.0. The summed E-state index contributed by atoms with van der Waals surface area (Å²) in [7, 11) is 0. The first-order chi connectivity index (χ1) is 23.5. The fourth-order valence-electron chi connectivity index (χ4n) is 6.79. The number of ether oxygens (including phenoxy) is 1. The van der Waals surface area contributed by atoms with Crippen LogP contribution in [-0.2, 0) is 10.2 Å². The molecule has 0 aromatic heterocycles. The Balaban J connectivity index is 1.11. The van der Waals surface area contributed by atoms with E-state index >= 15 is 0 Å². The number of rotatable bonds is 12. The zero-order chi connectivity index (χ0) is 34.6. The first-order valence-corrected chi connectivity index (χ1v) is 20.5. The molecule has 4 aromatic carbocycles. The number of alkyl halides is 5. The van der Waals surface area contributed by atoms with E-state index in [2.05, 4.69) is 8.85 Å². The van der Waals surface area contributed by atoms with Crippen molar-refractivity contribution in [1.82, 2.24) is 8.85 Å². The number of amides is 2. The van der Waals surface area contributed by atoms with Crippen LogP contribution in [0.15, 0.2) is 97.1 Å². The maximum atomic E-state index is 14.0. The van der Waals surface area contributed by atoms with Crippen LogP contribution in [0, 0.1) is 12.1 Å². The van der Waals surface area contributed by atoms with Gasteiger partial charge in [0.1, 0.15) is 0 Å². The Morgan fingerprint density at radius 1 is 0.918 bits per heavy atom. The van der Waals surface area contributed by atoms with E-state index in [1.807, 2.05) is 85.8 Å². The molecule has 1 heterocycles. The zero-order valence-electron chi connectivity index (χ0n) is 27.2. The Kier molecular flexibility index (Phi) is 10.3. The fourth-order valence-corrected chi connectivity index (χ4v) is 12.2. The summed E-state index contributed by atoms with van der Waals surface area (Å²) in [5, 5.41) is 16.4. The number of nitrogens with one attached hydrogen (secondary N) is 2. The van der Waals surface area contributed by atoms with Gasteiger partial charge in [-0.3, -0.25) is 0 Å². The van der Waals surface area contributed by atoms with E-state index in [1.165, 1.54) is 0 Å². The smallest absolute Gasteiger partial charge is 0.171 e. The molecule has 2 atom stereocenters. The fraction of sp³-hybridized carbons (Fsp3) is 0.316. The number of carbonyl (C=O) groups excluding carboxylic acids is 2. The average Bonchev–Trinajstić information content (AvgIpc) is 3.58. The number of nitrogens with zero attached hydrogens (tertiary/aromatic N) is 1. The second kappa shape index (κ2) is 14.5. The molecule has 2 N–H and O–H groups in total. The van der Waals surface area contributed by atoms with Crippen LogP contribution < -0.4 is 13.6 Å². The normalized spacial score (nSPS) is 20.4. The van der Waals surface area contributed by atoms with Crippen LogP contribution in [0.2, 0.25) is 0 Å². The molecule has 0 spiro atoms. The van der Waals surface area contributed by atoms with Gasteiger partial charge in [-0.25, -0.2) is 0 Å². The second-order valence-corrected chi connectivity index (χ2v) is 17.6. The molecule has 7 nitrogen and oxygen atoms in total. The topological polar surface area (TPSA) is 90.5 Å². The van der Waals surface area contributed by atoms with Gasteiger partial charge in [0.15, 0.2) is 0 Å². The Labute approximate surface area is 291 Å². The van der Waals surface area contributed by atoms with Gasteiger partial charge >= 0.3 is 280 Å². The average molecular weight is 786 g/mol. The Morgan fingerprint density at radius 3 is 2.43 bits per heavy atom. The Morgan fingerprint density at radius 2 is 1.63 bits per heavy atom. The van der Waals surface area contributed by atoms with Crippen molar-refractivity contribution in [2.75, 3.05) is 28.6 Å². The van der Waals surface area contributed by atoms with Crippen molar-refractivity contribution in [2.24, 2.45) is 0 Å². The van der Waals surface area contributed by atoms with Gasteiger partial charge in [-0.05, 0) is 0 Å². The predicted molar refractivity (Wildman–Crippen MR) is 192 cm³/mol. The van der Waals surface area contributed by atoms with Crippen LogP contribution in [0.5, 0.6) is 11.5 Å². The third-order valence-electron chi connectivity index (χ3n) is 9.17. The van der Waals surface area contributed by atoms with Gasteiger partial charge in [0.25, 0.3) is 0 Å². The van der Waals surface area contributed by atoms with Crippen molar-refractivity contribution < 1.29 is 32.1 Å². The van der Waals surface area contributed by atoms with E-state index in [1.54, 1.807) is 18.2 Å². The predicted octanol–water partition coefficient (Wildman–Crippen LogP) is 8.43. The first-order valence-electron chi connectivity index (χ1n) is 16.4. The van der Waals surface area contributed by atoms with Crippen LogP contribution >= 0.6 is 20.1 Å². The zero-order valence-corrected chi connectivity index (χ0v) is 29.4. The SMILES string of the molecule is Cc1ccc2c(c1)-c1ccccc1C2(CCCC[N+]1([O-])CCI(NC(=O)c2ccccc2Oc2ccccc2)C1)C(=O)NCCC(F)(F)F. The number of hydrogen-bond donors (Lipinski definition) is 2. The van der Waals surface area contributed by atoms with Crippen molar-refractivity contribution in [2.45, 2.75) is 44.2 Å². The van der Waals surface area contributed by atoms with Crippen molar-refractivity contribution in [3.05, 3.63) is 125 Å². The van der Waals surface area contributed by atoms with Gasteiger partial charge in [-0.1, -0.05) is 0 Å². The van der Waals surface area contributed by atoms with Gasteiger partial charge < -0.3 is 0 Å². The molecule has 0 bridgehead atoms. The molecule has 11 heteroatoms. The van der Waals surface area contributed by atoms with Gasteiger partial charge in [0.05, 0.1) is 0 Å². The van der Waals surface area contributed by atoms with Gasteiger partial charge in [0, 0.05) is 0 Å². The summed E-state index contributed by atoms with van der Waals surface area (Å²) in [6.07, 6.45) is -4.07. The van der Waals surface area contributed by atoms with Crippen LogP contribution in [0.25, 0.3) is 11.1 Å². The van der Waals surface area contributed by atoms with Crippen molar-refractivity contribution in [3.8, 4) is 22.6 Å². The van der Waals surface area contributed by atoms with E-state index in [4.69, 9.17) is 4.74 Å². The van der Waals surface area contributed by atoms with Crippen LogP contribution in [-0.4, -0.2) is 51.3 Å². The summed E-state index contributed by atoms with van der Waals surface area (Å²) in [5.41, 5.74) is 3.65. The Hall–Kier alpha value is -3.94. The molecule has 6 rings (SSSR count). The van der Waals surface area contributed by atoms with E-state index in [9.17, 15) is 28.0 Å². The molecule has 1 aliphatic heterocycles. The minimum atomic E-state index is -4.38. The molecule has 1 saturated heterocycles. The molecule has 0 saturated carbocycles. The molecule has 258 valence electrons. The Bertz CT molecular complexity index is 1820. The van der Waals surface area contributed by atoms with Gasteiger partial charge in [0.2, 0.25) is 0 Å². The first kappa shape index (κ1) is 34.9. The van der Waals surface area contributed by atoms with Crippen molar-refractivity contribution in [1.29, 1.82) is 0 Å². The minimum absolute atomic E-state index is 0.238. The number of benzene rings is 4. The van der Waals surface area contributed by atoms with E-state index < -0.39 is 55.2 Å². The number of hydroxylamine groups is 3. The second-order valence-electron chi connectivity index (χ2n) is 12.7. The molecule has 2 amide bonds. The molecule has 2 aliphatic rings. The third-order valence-corrected chi connectivity index (χ3v) is 14.3. The molecule has 1 aliphatic carbocycles.